The molecule has 1 N–H and O–H groups in total. The fourth-order valence-electron chi connectivity index (χ4n) is 2.98. The first-order chi connectivity index (χ1) is 9.32. The van der Waals surface area contributed by atoms with Gasteiger partial charge in [0.05, 0.1) is 19.1 Å². The molecule has 0 saturated carbocycles. The maximum Gasteiger partial charge on any atom is 0.308 e. The summed E-state index contributed by atoms with van der Waals surface area (Å²) in [5.74, 6) is 0.442. The Kier molecular flexibility index (Phi) is 6.96. The van der Waals surface area contributed by atoms with Crippen molar-refractivity contribution in [2.75, 3.05) is 26.2 Å². The Bertz CT molecular complexity index is 299. The average molecular weight is 285 g/mol. The van der Waals surface area contributed by atoms with Gasteiger partial charge >= 0.3 is 5.97 Å². The van der Waals surface area contributed by atoms with Crippen molar-refractivity contribution in [1.82, 2.24) is 4.90 Å². The molecule has 1 saturated heterocycles. The summed E-state index contributed by atoms with van der Waals surface area (Å²) in [6.45, 7) is 11.7. The number of esters is 1. The summed E-state index contributed by atoms with van der Waals surface area (Å²) in [4.78, 5) is 13.6. The number of aliphatic hydroxyl groups excluding tert-OH is 1. The Morgan fingerprint density at radius 2 is 2.05 bits per heavy atom. The van der Waals surface area contributed by atoms with Crippen LogP contribution in [0.3, 0.4) is 0 Å². The molecule has 1 heterocycles. The van der Waals surface area contributed by atoms with Gasteiger partial charge in [-0.1, -0.05) is 20.8 Å². The summed E-state index contributed by atoms with van der Waals surface area (Å²) >= 11 is 0. The monoisotopic (exact) mass is 285 g/mol. The van der Waals surface area contributed by atoms with Crippen LogP contribution in [0.1, 0.15) is 53.4 Å². The van der Waals surface area contributed by atoms with Crippen LogP contribution in [0.25, 0.3) is 0 Å². The van der Waals surface area contributed by atoms with E-state index in [1.165, 1.54) is 19.3 Å². The minimum atomic E-state index is -0.611. The van der Waals surface area contributed by atoms with Crippen LogP contribution in [-0.4, -0.2) is 48.3 Å². The van der Waals surface area contributed by atoms with E-state index in [2.05, 4.69) is 25.7 Å². The van der Waals surface area contributed by atoms with Crippen LogP contribution in [0.4, 0.5) is 0 Å². The first-order valence-electron chi connectivity index (χ1n) is 7.89. The van der Waals surface area contributed by atoms with Gasteiger partial charge in [-0.2, -0.15) is 0 Å². The topological polar surface area (TPSA) is 49.8 Å². The third kappa shape index (κ3) is 6.23. The zero-order valence-corrected chi connectivity index (χ0v) is 13.5. The first kappa shape index (κ1) is 17.4. The number of rotatable bonds is 5. The molecule has 0 aromatic heterocycles. The Morgan fingerprint density at radius 1 is 1.35 bits per heavy atom. The number of hydrogen-bond acceptors (Lipinski definition) is 4. The van der Waals surface area contributed by atoms with Gasteiger partial charge in [-0.15, -0.1) is 0 Å². The van der Waals surface area contributed by atoms with E-state index in [0.717, 1.165) is 19.0 Å². The average Bonchev–Trinajstić information content (AvgIpc) is 2.53. The molecule has 1 fully saturated rings. The molecule has 1 rings (SSSR count). The van der Waals surface area contributed by atoms with E-state index < -0.39 is 6.10 Å². The summed E-state index contributed by atoms with van der Waals surface area (Å²) < 4.78 is 4.87. The number of carbonyl (C=O) groups is 1. The van der Waals surface area contributed by atoms with E-state index in [4.69, 9.17) is 4.74 Å². The van der Waals surface area contributed by atoms with Crippen molar-refractivity contribution in [3.05, 3.63) is 0 Å². The first-order valence-corrected chi connectivity index (χ1v) is 7.89. The molecule has 0 amide bonds. The van der Waals surface area contributed by atoms with Crippen molar-refractivity contribution < 1.29 is 14.6 Å². The van der Waals surface area contributed by atoms with Crippen molar-refractivity contribution >= 4 is 5.97 Å². The summed E-state index contributed by atoms with van der Waals surface area (Å²) in [6, 6.07) is 0. The van der Waals surface area contributed by atoms with E-state index >= 15 is 0 Å². The lowest BCUT2D eigenvalue weighted by Gasteiger charge is -2.30. The summed E-state index contributed by atoms with van der Waals surface area (Å²) in [7, 11) is 0. The van der Waals surface area contributed by atoms with Gasteiger partial charge in [0.1, 0.15) is 0 Å². The van der Waals surface area contributed by atoms with Crippen molar-refractivity contribution in [3.8, 4) is 0 Å². The van der Waals surface area contributed by atoms with Crippen molar-refractivity contribution in [1.29, 1.82) is 0 Å². The SMILES string of the molecule is CCOC(=O)CC(O)CN1CCCC(C(C)(C)C)CC1. The number of likely N-dealkylation sites (tertiary alicyclic amines) is 1. The predicted molar refractivity (Wildman–Crippen MR) is 80.5 cm³/mol. The Morgan fingerprint density at radius 3 is 2.65 bits per heavy atom. The molecule has 1 aliphatic rings. The third-order valence-corrected chi connectivity index (χ3v) is 4.22. The molecule has 0 radical (unpaired) electrons. The number of carbonyl (C=O) groups excluding carboxylic acids is 1. The zero-order valence-electron chi connectivity index (χ0n) is 13.5. The minimum Gasteiger partial charge on any atom is -0.466 e. The molecule has 2 unspecified atom stereocenters. The molecule has 0 aromatic carbocycles. The van der Waals surface area contributed by atoms with Crippen LogP contribution in [0.15, 0.2) is 0 Å². The van der Waals surface area contributed by atoms with Gasteiger partial charge in [-0.3, -0.25) is 4.79 Å². The smallest absolute Gasteiger partial charge is 0.308 e. The van der Waals surface area contributed by atoms with Crippen molar-refractivity contribution in [2.24, 2.45) is 11.3 Å². The highest BCUT2D eigenvalue weighted by molar-refractivity contribution is 5.69. The second-order valence-corrected chi connectivity index (χ2v) is 6.96. The lowest BCUT2D eigenvalue weighted by molar-refractivity contribution is -0.145. The van der Waals surface area contributed by atoms with Gasteiger partial charge in [0.2, 0.25) is 0 Å². The fourth-order valence-corrected chi connectivity index (χ4v) is 2.98. The van der Waals surface area contributed by atoms with Crippen LogP contribution in [-0.2, 0) is 9.53 Å². The Labute approximate surface area is 123 Å². The van der Waals surface area contributed by atoms with E-state index in [1.807, 2.05) is 0 Å². The number of β-amino-alcohol motifs (C(OH)–C–C–N with tert-alkyl or cyclic N) is 1. The van der Waals surface area contributed by atoms with Gasteiger partial charge in [0.15, 0.2) is 0 Å². The second kappa shape index (κ2) is 7.99. The third-order valence-electron chi connectivity index (χ3n) is 4.22. The lowest BCUT2D eigenvalue weighted by atomic mass is 9.77. The molecule has 0 spiro atoms. The highest BCUT2D eigenvalue weighted by atomic mass is 16.5. The van der Waals surface area contributed by atoms with Gasteiger partial charge in [0, 0.05) is 6.54 Å². The number of aliphatic hydroxyl groups is 1. The summed E-state index contributed by atoms with van der Waals surface area (Å²) in [5.41, 5.74) is 0.361. The van der Waals surface area contributed by atoms with Crippen molar-refractivity contribution in [2.45, 2.75) is 59.5 Å². The van der Waals surface area contributed by atoms with E-state index in [1.54, 1.807) is 6.92 Å². The number of hydrogen-bond donors (Lipinski definition) is 1. The maximum absolute atomic E-state index is 11.3. The summed E-state index contributed by atoms with van der Waals surface area (Å²) in [6.07, 6.45) is 3.10. The lowest BCUT2D eigenvalue weighted by Crippen LogP contribution is -2.35. The number of nitrogens with zero attached hydrogens (tertiary/aromatic N) is 1. The molecule has 20 heavy (non-hydrogen) atoms. The molecule has 1 aliphatic heterocycles. The van der Waals surface area contributed by atoms with Gasteiger partial charge in [-0.25, -0.2) is 0 Å². The molecule has 0 bridgehead atoms. The van der Waals surface area contributed by atoms with Gasteiger partial charge < -0.3 is 14.7 Å². The maximum atomic E-state index is 11.3. The molecule has 4 heteroatoms. The Hall–Kier alpha value is -0.610. The molecule has 2 atom stereocenters. The van der Waals surface area contributed by atoms with Crippen molar-refractivity contribution in [3.63, 3.8) is 0 Å². The molecule has 0 aliphatic carbocycles. The van der Waals surface area contributed by atoms with E-state index in [9.17, 15) is 9.90 Å². The fraction of sp³-hybridized carbons (Fsp3) is 0.938. The quantitative estimate of drug-likeness (QED) is 0.788. The molecular weight excluding hydrogens is 254 g/mol. The van der Waals surface area contributed by atoms with Crippen LogP contribution >= 0.6 is 0 Å². The summed E-state index contributed by atoms with van der Waals surface area (Å²) in [5, 5.41) is 9.97. The molecule has 0 aromatic rings. The van der Waals surface area contributed by atoms with Crippen LogP contribution < -0.4 is 0 Å². The highest BCUT2D eigenvalue weighted by Gasteiger charge is 2.27. The normalized spacial score (nSPS) is 23.1. The predicted octanol–water partition coefficient (Wildman–Crippen LogP) is 2.45. The van der Waals surface area contributed by atoms with E-state index in [-0.39, 0.29) is 12.4 Å². The molecule has 4 nitrogen and oxygen atoms in total. The second-order valence-electron chi connectivity index (χ2n) is 6.96. The standard InChI is InChI=1S/C16H31NO3/c1-5-20-15(19)11-14(18)12-17-9-6-7-13(8-10-17)16(2,3)4/h13-14,18H,5-12H2,1-4H3. The zero-order chi connectivity index (χ0) is 15.2. The Balaban J connectivity index is 2.36. The largest absolute Gasteiger partial charge is 0.466 e. The molecule has 118 valence electrons. The van der Waals surface area contributed by atoms with Crippen LogP contribution in [0.5, 0.6) is 0 Å². The minimum absolute atomic E-state index is 0.104. The number of ether oxygens (including phenoxy) is 1. The van der Waals surface area contributed by atoms with Crippen LogP contribution in [0.2, 0.25) is 0 Å². The highest BCUT2D eigenvalue weighted by Crippen LogP contribution is 2.34. The molecular formula is C16H31NO3. The van der Waals surface area contributed by atoms with Gasteiger partial charge in [0.25, 0.3) is 0 Å². The van der Waals surface area contributed by atoms with Gasteiger partial charge in [-0.05, 0) is 50.6 Å². The van der Waals surface area contributed by atoms with Crippen LogP contribution in [0, 0.1) is 11.3 Å². The van der Waals surface area contributed by atoms with E-state index in [0.29, 0.717) is 18.6 Å².